The summed E-state index contributed by atoms with van der Waals surface area (Å²) < 4.78 is 11.2. The maximum absolute atomic E-state index is 12.9. The van der Waals surface area contributed by atoms with Crippen LogP contribution >= 0.6 is 0 Å². The van der Waals surface area contributed by atoms with Crippen molar-refractivity contribution in [3.05, 3.63) is 18.2 Å². The largest absolute Gasteiger partial charge is 0.486 e. The van der Waals surface area contributed by atoms with E-state index in [9.17, 15) is 20.1 Å². The molecule has 0 unspecified atom stereocenters. The third kappa shape index (κ3) is 4.57. The molecule has 39 heavy (non-hydrogen) atoms. The minimum Gasteiger partial charge on any atom is -0.486 e. The minimum atomic E-state index is -0.403. The summed E-state index contributed by atoms with van der Waals surface area (Å²) in [5.41, 5.74) is 0.554. The van der Waals surface area contributed by atoms with Crippen LogP contribution in [-0.2, 0) is 4.79 Å². The van der Waals surface area contributed by atoms with Crippen molar-refractivity contribution in [3.63, 3.8) is 0 Å². The van der Waals surface area contributed by atoms with Gasteiger partial charge in [0, 0.05) is 18.2 Å². The van der Waals surface area contributed by atoms with E-state index in [4.69, 9.17) is 9.47 Å². The number of carbonyl (C=O) groups excluding carboxylic acids is 1. The van der Waals surface area contributed by atoms with Crippen molar-refractivity contribution in [2.24, 2.45) is 46.3 Å². The highest BCUT2D eigenvalue weighted by molar-refractivity contribution is 5.91. The van der Waals surface area contributed by atoms with Gasteiger partial charge in [0.2, 0.25) is 5.91 Å². The summed E-state index contributed by atoms with van der Waals surface area (Å²) in [6.45, 7) is 7.93. The average Bonchev–Trinajstić information content (AvgIpc) is 3.27. The normalized spacial score (nSPS) is 43.5. The van der Waals surface area contributed by atoms with Crippen LogP contribution in [0.4, 0.5) is 5.69 Å². The third-order valence-corrected chi connectivity index (χ3v) is 12.2. The lowest BCUT2D eigenvalue weighted by atomic mass is 9.43. The van der Waals surface area contributed by atoms with Gasteiger partial charge in [-0.1, -0.05) is 20.8 Å². The second-order valence-corrected chi connectivity index (χ2v) is 13.9. The van der Waals surface area contributed by atoms with E-state index in [1.54, 1.807) is 0 Å². The molecular weight excluding hydrogens is 494 g/mol. The number of hydrogen-bond acceptors (Lipinski definition) is 6. The Balaban J connectivity index is 1.11. The second-order valence-electron chi connectivity index (χ2n) is 13.9. The van der Waals surface area contributed by atoms with Crippen LogP contribution in [0.3, 0.4) is 0 Å². The standard InChI is InChI=1S/C32H47NO6/c1-18(4-9-29(37)33-20-5-8-26-27(16-20)39-13-12-38-26)22-6-7-23-30-24(17-28(36)32(22,23)3)31(2)11-10-21(34)14-19(31)15-25(30)35/h5,8,16,18-19,21-25,28,30,34-36H,4,6-7,9-15,17H2,1-3H3,(H,33,37)/t18-,19-,21-,22+,23-,24-,25-,28+,30+,31+,32-/m1/s1. The minimum absolute atomic E-state index is 0.0105. The highest BCUT2D eigenvalue weighted by atomic mass is 16.6. The molecule has 6 rings (SSSR count). The van der Waals surface area contributed by atoms with Crippen LogP contribution in [0.2, 0.25) is 0 Å². The average molecular weight is 542 g/mol. The number of benzene rings is 1. The Kier molecular flexibility index (Phi) is 7.16. The van der Waals surface area contributed by atoms with Gasteiger partial charge in [-0.2, -0.15) is 0 Å². The van der Waals surface area contributed by atoms with Crippen molar-refractivity contribution in [1.29, 1.82) is 0 Å². The lowest BCUT2D eigenvalue weighted by Gasteiger charge is -2.63. The third-order valence-electron chi connectivity index (χ3n) is 12.2. The van der Waals surface area contributed by atoms with Crippen molar-refractivity contribution in [3.8, 4) is 11.5 Å². The lowest BCUT2D eigenvalue weighted by molar-refractivity contribution is -0.207. The number of rotatable bonds is 5. The number of amides is 1. The summed E-state index contributed by atoms with van der Waals surface area (Å²) in [6, 6.07) is 5.50. The molecule has 0 saturated heterocycles. The van der Waals surface area contributed by atoms with E-state index >= 15 is 0 Å². The number of aliphatic hydroxyl groups excluding tert-OH is 3. The number of fused-ring (bicyclic) bond motifs is 6. The van der Waals surface area contributed by atoms with Crippen LogP contribution in [0, 0.1) is 46.3 Å². The Labute approximate surface area is 232 Å². The van der Waals surface area contributed by atoms with Gasteiger partial charge in [-0.25, -0.2) is 0 Å². The fourth-order valence-corrected chi connectivity index (χ4v) is 10.0. The summed E-state index contributed by atoms with van der Waals surface area (Å²) in [7, 11) is 0. The Morgan fingerprint density at radius 1 is 1.03 bits per heavy atom. The molecule has 0 spiro atoms. The van der Waals surface area contributed by atoms with Crippen molar-refractivity contribution in [1.82, 2.24) is 0 Å². The fraction of sp³-hybridized carbons (Fsp3) is 0.781. The molecule has 11 atom stereocenters. The van der Waals surface area contributed by atoms with Crippen LogP contribution < -0.4 is 14.8 Å². The van der Waals surface area contributed by atoms with Crippen LogP contribution in [0.5, 0.6) is 11.5 Å². The molecule has 1 amide bonds. The van der Waals surface area contributed by atoms with E-state index in [0.29, 0.717) is 66.4 Å². The van der Waals surface area contributed by atoms with E-state index < -0.39 is 6.10 Å². The zero-order valence-electron chi connectivity index (χ0n) is 23.8. The molecule has 0 radical (unpaired) electrons. The number of aliphatic hydroxyl groups is 3. The maximum atomic E-state index is 12.9. The molecule has 1 aromatic carbocycles. The molecule has 1 aromatic rings. The van der Waals surface area contributed by atoms with Crippen LogP contribution in [-0.4, -0.2) is 52.8 Å². The van der Waals surface area contributed by atoms with Gasteiger partial charge in [-0.15, -0.1) is 0 Å². The van der Waals surface area contributed by atoms with Crippen molar-refractivity contribution < 1.29 is 29.6 Å². The van der Waals surface area contributed by atoms with Gasteiger partial charge in [0.05, 0.1) is 18.3 Å². The summed E-state index contributed by atoms with van der Waals surface area (Å²) in [6.07, 6.45) is 6.37. The topological polar surface area (TPSA) is 108 Å². The van der Waals surface area contributed by atoms with Gasteiger partial charge < -0.3 is 30.1 Å². The van der Waals surface area contributed by atoms with Gasteiger partial charge in [0.15, 0.2) is 11.5 Å². The molecule has 0 bridgehead atoms. The van der Waals surface area contributed by atoms with E-state index in [1.807, 2.05) is 18.2 Å². The monoisotopic (exact) mass is 541 g/mol. The fourth-order valence-electron chi connectivity index (χ4n) is 10.0. The molecule has 4 saturated carbocycles. The molecule has 1 aliphatic heterocycles. The Hall–Kier alpha value is -1.83. The summed E-state index contributed by atoms with van der Waals surface area (Å²) in [4.78, 5) is 12.9. The van der Waals surface area contributed by atoms with Crippen LogP contribution in [0.1, 0.15) is 78.6 Å². The summed E-state index contributed by atoms with van der Waals surface area (Å²) in [5.74, 6) is 3.13. The van der Waals surface area contributed by atoms with E-state index in [-0.39, 0.29) is 34.9 Å². The maximum Gasteiger partial charge on any atom is 0.224 e. The van der Waals surface area contributed by atoms with Crippen molar-refractivity contribution >= 4 is 11.6 Å². The van der Waals surface area contributed by atoms with Gasteiger partial charge in [-0.3, -0.25) is 4.79 Å². The highest BCUT2D eigenvalue weighted by Crippen LogP contribution is 2.68. The van der Waals surface area contributed by atoms with Gasteiger partial charge in [0.25, 0.3) is 0 Å². The van der Waals surface area contributed by atoms with E-state index in [2.05, 4.69) is 26.1 Å². The van der Waals surface area contributed by atoms with Gasteiger partial charge in [0.1, 0.15) is 13.2 Å². The van der Waals surface area contributed by atoms with Crippen molar-refractivity contribution in [2.75, 3.05) is 18.5 Å². The first-order valence-electron chi connectivity index (χ1n) is 15.3. The smallest absolute Gasteiger partial charge is 0.224 e. The first-order valence-corrected chi connectivity index (χ1v) is 15.3. The summed E-state index contributed by atoms with van der Waals surface area (Å²) in [5, 5.41) is 36.6. The molecular formula is C32H47NO6. The van der Waals surface area contributed by atoms with Crippen molar-refractivity contribution in [2.45, 2.75) is 96.9 Å². The van der Waals surface area contributed by atoms with Crippen LogP contribution in [0.25, 0.3) is 0 Å². The predicted octanol–water partition coefficient (Wildman–Crippen LogP) is 4.77. The first kappa shape index (κ1) is 27.3. The number of ether oxygens (including phenoxy) is 2. The Morgan fingerprint density at radius 3 is 2.59 bits per heavy atom. The lowest BCUT2D eigenvalue weighted by Crippen LogP contribution is -2.62. The molecule has 4 aliphatic carbocycles. The second kappa shape index (κ2) is 10.2. The number of anilines is 1. The van der Waals surface area contributed by atoms with E-state index in [0.717, 1.165) is 51.4 Å². The number of nitrogens with one attached hydrogen (secondary N) is 1. The predicted molar refractivity (Wildman–Crippen MR) is 148 cm³/mol. The van der Waals surface area contributed by atoms with E-state index in [1.165, 1.54) is 0 Å². The molecule has 4 N–H and O–H groups in total. The summed E-state index contributed by atoms with van der Waals surface area (Å²) >= 11 is 0. The zero-order valence-corrected chi connectivity index (χ0v) is 23.8. The highest BCUT2D eigenvalue weighted by Gasteiger charge is 2.65. The van der Waals surface area contributed by atoms with Gasteiger partial charge >= 0.3 is 0 Å². The van der Waals surface area contributed by atoms with Crippen LogP contribution in [0.15, 0.2) is 18.2 Å². The molecule has 216 valence electrons. The Morgan fingerprint density at radius 2 is 1.79 bits per heavy atom. The SMILES string of the molecule is C[C@H](CCC(=O)Nc1ccc2c(c1)OCCO2)[C@@H]1CC[C@@H]2[C@@H]3[C@H](O)C[C@H]4C[C@H](O)CC[C@]4(C)[C@@H]3C[C@H](O)[C@@]21C. The quantitative estimate of drug-likeness (QED) is 0.428. The molecule has 1 heterocycles. The van der Waals surface area contributed by atoms with Gasteiger partial charge in [-0.05, 0) is 110 Å². The zero-order chi connectivity index (χ0) is 27.5. The Bertz CT molecular complexity index is 1080. The molecule has 7 heteroatoms. The number of hydrogen-bond donors (Lipinski definition) is 4. The number of carbonyl (C=O) groups is 1. The molecule has 7 nitrogen and oxygen atoms in total. The first-order chi connectivity index (χ1) is 18.6. The molecule has 5 aliphatic rings. The molecule has 0 aromatic heterocycles. The molecule has 4 fully saturated rings.